The number of rotatable bonds is 5. The van der Waals surface area contributed by atoms with E-state index in [-0.39, 0.29) is 18.6 Å². The van der Waals surface area contributed by atoms with E-state index in [4.69, 9.17) is 10.2 Å². The first-order valence-corrected chi connectivity index (χ1v) is 6.26. The topological polar surface area (TPSA) is 77.8 Å². The molecule has 0 aliphatic rings. The zero-order chi connectivity index (χ0) is 15.3. The van der Waals surface area contributed by atoms with E-state index in [0.29, 0.717) is 11.1 Å². The Hall–Kier alpha value is -2.14. The zero-order valence-corrected chi connectivity index (χ0v) is 11.8. The molecule has 0 aliphatic heterocycles. The number of nitrogens with zero attached hydrogens (tertiary/aromatic N) is 1. The van der Waals surface area contributed by atoms with Crippen molar-refractivity contribution in [2.45, 2.75) is 19.9 Å². The van der Waals surface area contributed by atoms with E-state index in [2.05, 4.69) is 0 Å². The van der Waals surface area contributed by atoms with Gasteiger partial charge in [-0.3, -0.25) is 4.79 Å². The van der Waals surface area contributed by atoms with Gasteiger partial charge in [-0.2, -0.15) is 0 Å². The number of amides is 1. The molecule has 5 heteroatoms. The van der Waals surface area contributed by atoms with Gasteiger partial charge in [-0.15, -0.1) is 0 Å². The van der Waals surface area contributed by atoms with Crippen LogP contribution in [0.4, 0.5) is 0 Å². The summed E-state index contributed by atoms with van der Waals surface area (Å²) in [7, 11) is 1.62. The largest absolute Gasteiger partial charge is 0.478 e. The van der Waals surface area contributed by atoms with Crippen LogP contribution in [0.1, 0.15) is 28.4 Å². The Morgan fingerprint density at radius 3 is 2.55 bits per heavy atom. The van der Waals surface area contributed by atoms with Gasteiger partial charge in [-0.05, 0) is 43.2 Å². The highest BCUT2D eigenvalue weighted by Gasteiger charge is 2.17. The summed E-state index contributed by atoms with van der Waals surface area (Å²) < 4.78 is 0. The van der Waals surface area contributed by atoms with Crippen LogP contribution >= 0.6 is 0 Å². The maximum absolute atomic E-state index is 12.3. The van der Waals surface area contributed by atoms with Crippen molar-refractivity contribution in [1.82, 2.24) is 4.90 Å². The van der Waals surface area contributed by atoms with E-state index in [1.807, 2.05) is 6.92 Å². The molecule has 20 heavy (non-hydrogen) atoms. The fourth-order valence-corrected chi connectivity index (χ4v) is 1.73. The lowest BCUT2D eigenvalue weighted by Crippen LogP contribution is -2.37. The molecule has 0 fully saturated rings. The molecule has 1 aromatic carbocycles. The molecule has 0 heterocycles. The van der Waals surface area contributed by atoms with Crippen LogP contribution in [0.2, 0.25) is 0 Å². The summed E-state index contributed by atoms with van der Waals surface area (Å²) in [5, 5.41) is 17.7. The second kappa shape index (κ2) is 6.86. The first-order chi connectivity index (χ1) is 9.35. The van der Waals surface area contributed by atoms with Crippen LogP contribution in [0, 0.1) is 6.92 Å². The predicted octanol–water partition coefficient (Wildman–Crippen LogP) is 1.55. The minimum atomic E-state index is -1.04. The van der Waals surface area contributed by atoms with Crippen molar-refractivity contribution >= 4 is 18.0 Å². The number of benzene rings is 1. The van der Waals surface area contributed by atoms with Crippen LogP contribution in [-0.4, -0.2) is 46.7 Å². The van der Waals surface area contributed by atoms with Crippen LogP contribution < -0.4 is 0 Å². The summed E-state index contributed by atoms with van der Waals surface area (Å²) in [4.78, 5) is 24.2. The van der Waals surface area contributed by atoms with Crippen molar-refractivity contribution in [1.29, 1.82) is 0 Å². The fourth-order valence-electron chi connectivity index (χ4n) is 1.73. The van der Waals surface area contributed by atoms with Crippen LogP contribution in [0.5, 0.6) is 0 Å². The Morgan fingerprint density at radius 2 is 2.00 bits per heavy atom. The van der Waals surface area contributed by atoms with Gasteiger partial charge in [0.25, 0.3) is 5.91 Å². The van der Waals surface area contributed by atoms with Crippen LogP contribution in [0.15, 0.2) is 24.3 Å². The van der Waals surface area contributed by atoms with E-state index >= 15 is 0 Å². The predicted molar refractivity (Wildman–Crippen MR) is 76.5 cm³/mol. The van der Waals surface area contributed by atoms with E-state index in [9.17, 15) is 9.59 Å². The number of aryl methyl sites for hydroxylation is 1. The lowest BCUT2D eigenvalue weighted by atomic mass is 10.0. The SMILES string of the molecule is Cc1cc(/C=C/C(=O)O)cc(C(=O)N(C)C(C)CO)c1. The van der Waals surface area contributed by atoms with E-state index in [1.165, 1.54) is 11.0 Å². The second-order valence-electron chi connectivity index (χ2n) is 4.75. The van der Waals surface area contributed by atoms with Gasteiger partial charge in [0, 0.05) is 18.7 Å². The van der Waals surface area contributed by atoms with Gasteiger partial charge in [-0.25, -0.2) is 4.79 Å². The van der Waals surface area contributed by atoms with Gasteiger partial charge >= 0.3 is 5.97 Å². The number of aliphatic hydroxyl groups excluding tert-OH is 1. The quantitative estimate of drug-likeness (QED) is 0.800. The molecule has 0 saturated heterocycles. The second-order valence-corrected chi connectivity index (χ2v) is 4.75. The smallest absolute Gasteiger partial charge is 0.328 e. The number of carbonyl (C=O) groups excluding carboxylic acids is 1. The maximum atomic E-state index is 12.3. The van der Waals surface area contributed by atoms with E-state index < -0.39 is 5.97 Å². The minimum absolute atomic E-state index is 0.111. The summed E-state index contributed by atoms with van der Waals surface area (Å²) in [5.74, 6) is -1.24. The lowest BCUT2D eigenvalue weighted by Gasteiger charge is -2.23. The molecule has 0 aliphatic carbocycles. The number of carbonyl (C=O) groups is 2. The molecule has 0 spiro atoms. The lowest BCUT2D eigenvalue weighted by molar-refractivity contribution is -0.131. The molecular formula is C15H19NO4. The van der Waals surface area contributed by atoms with E-state index in [1.54, 1.807) is 32.2 Å². The van der Waals surface area contributed by atoms with Gasteiger partial charge < -0.3 is 15.1 Å². The number of carboxylic acid groups (broad SMARTS) is 1. The molecule has 5 nitrogen and oxygen atoms in total. The van der Waals surface area contributed by atoms with Crippen molar-refractivity contribution in [2.75, 3.05) is 13.7 Å². The van der Waals surface area contributed by atoms with Crippen molar-refractivity contribution in [2.24, 2.45) is 0 Å². The summed E-state index contributed by atoms with van der Waals surface area (Å²) in [6, 6.07) is 4.89. The molecule has 0 aromatic heterocycles. The number of hydrogen-bond donors (Lipinski definition) is 2. The Morgan fingerprint density at radius 1 is 1.35 bits per heavy atom. The Kier molecular flexibility index (Phi) is 5.46. The molecule has 0 radical (unpaired) electrons. The Bertz CT molecular complexity index is 537. The third-order valence-corrected chi connectivity index (χ3v) is 3.01. The van der Waals surface area contributed by atoms with Crippen molar-refractivity contribution in [3.05, 3.63) is 41.0 Å². The molecule has 1 rings (SSSR count). The van der Waals surface area contributed by atoms with Gasteiger partial charge in [-0.1, -0.05) is 6.07 Å². The number of likely N-dealkylation sites (N-methyl/N-ethyl adjacent to an activating group) is 1. The molecule has 1 atom stereocenters. The highest BCUT2D eigenvalue weighted by atomic mass is 16.4. The van der Waals surface area contributed by atoms with Gasteiger partial charge in [0.1, 0.15) is 0 Å². The van der Waals surface area contributed by atoms with Crippen molar-refractivity contribution < 1.29 is 19.8 Å². The standard InChI is InChI=1S/C15H19NO4/c1-10-6-12(4-5-14(18)19)8-13(7-10)15(20)16(3)11(2)9-17/h4-8,11,17H,9H2,1-3H3,(H,18,19)/b5-4+. The molecule has 1 aromatic rings. The van der Waals surface area contributed by atoms with Crippen molar-refractivity contribution in [3.8, 4) is 0 Å². The monoisotopic (exact) mass is 277 g/mol. The number of aliphatic hydroxyl groups is 1. The van der Waals surface area contributed by atoms with Crippen molar-refractivity contribution in [3.63, 3.8) is 0 Å². The number of hydrogen-bond acceptors (Lipinski definition) is 3. The molecule has 108 valence electrons. The third-order valence-electron chi connectivity index (χ3n) is 3.01. The number of aliphatic carboxylic acids is 1. The summed E-state index contributed by atoms with van der Waals surface area (Å²) in [5.41, 5.74) is 1.99. The molecule has 0 bridgehead atoms. The molecule has 0 saturated carbocycles. The highest BCUT2D eigenvalue weighted by Crippen LogP contribution is 2.14. The maximum Gasteiger partial charge on any atom is 0.328 e. The fraction of sp³-hybridized carbons (Fsp3) is 0.333. The first-order valence-electron chi connectivity index (χ1n) is 6.26. The summed E-state index contributed by atoms with van der Waals surface area (Å²) >= 11 is 0. The first kappa shape index (κ1) is 15.9. The summed E-state index contributed by atoms with van der Waals surface area (Å²) in [6.07, 6.45) is 2.48. The number of carboxylic acids is 1. The zero-order valence-electron chi connectivity index (χ0n) is 11.8. The Labute approximate surface area is 118 Å². The van der Waals surface area contributed by atoms with Gasteiger partial charge in [0.05, 0.1) is 12.6 Å². The highest BCUT2D eigenvalue weighted by molar-refractivity contribution is 5.95. The molecule has 1 unspecified atom stereocenters. The molecule has 2 N–H and O–H groups in total. The average Bonchev–Trinajstić information content (AvgIpc) is 2.42. The summed E-state index contributed by atoms with van der Waals surface area (Å²) in [6.45, 7) is 3.48. The average molecular weight is 277 g/mol. The van der Waals surface area contributed by atoms with Gasteiger partial charge in [0.2, 0.25) is 0 Å². The Balaban J connectivity index is 3.07. The molecular weight excluding hydrogens is 258 g/mol. The van der Waals surface area contributed by atoms with Gasteiger partial charge in [0.15, 0.2) is 0 Å². The van der Waals surface area contributed by atoms with Crippen LogP contribution in [0.3, 0.4) is 0 Å². The van der Waals surface area contributed by atoms with Crippen LogP contribution in [-0.2, 0) is 4.79 Å². The molecule has 1 amide bonds. The third kappa shape index (κ3) is 4.20. The normalized spacial score (nSPS) is 12.4. The van der Waals surface area contributed by atoms with E-state index in [0.717, 1.165) is 11.6 Å². The van der Waals surface area contributed by atoms with Crippen LogP contribution in [0.25, 0.3) is 6.08 Å². The minimum Gasteiger partial charge on any atom is -0.478 e.